The van der Waals surface area contributed by atoms with E-state index >= 15 is 0 Å². The van der Waals surface area contributed by atoms with Gasteiger partial charge in [-0.1, -0.05) is 13.8 Å². The predicted octanol–water partition coefficient (Wildman–Crippen LogP) is 2.43. The van der Waals surface area contributed by atoms with E-state index in [1.807, 2.05) is 13.8 Å². The summed E-state index contributed by atoms with van der Waals surface area (Å²) in [6, 6.07) is 6.17. The number of rotatable bonds is 7. The molecule has 1 saturated heterocycles. The number of carbonyl (C=O) groups excluding carboxylic acids is 1. The molecule has 0 spiro atoms. The Hall–Kier alpha value is -1.44. The Morgan fingerprint density at radius 3 is 2.60 bits per heavy atom. The SMILES string of the molecule is CC[C@H](C)NS(=O)(=O)c1ccc(NC(=O)CN2CCC[C@@H](C)C2)cc1. The van der Waals surface area contributed by atoms with Crippen LogP contribution < -0.4 is 10.0 Å². The number of nitrogens with one attached hydrogen (secondary N) is 2. The minimum absolute atomic E-state index is 0.0672. The summed E-state index contributed by atoms with van der Waals surface area (Å²) in [5.41, 5.74) is 0.609. The van der Waals surface area contributed by atoms with Crippen LogP contribution in [0.2, 0.25) is 0 Å². The Kier molecular flexibility index (Phi) is 6.98. The molecule has 2 rings (SSSR count). The van der Waals surface area contributed by atoms with Crippen molar-refractivity contribution in [3.05, 3.63) is 24.3 Å². The Balaban J connectivity index is 1.92. The van der Waals surface area contributed by atoms with Gasteiger partial charge in [0.2, 0.25) is 15.9 Å². The molecule has 7 heteroatoms. The maximum atomic E-state index is 12.2. The van der Waals surface area contributed by atoms with Gasteiger partial charge >= 0.3 is 0 Å². The lowest BCUT2D eigenvalue weighted by Gasteiger charge is -2.30. The van der Waals surface area contributed by atoms with Gasteiger partial charge in [0.25, 0.3) is 0 Å². The summed E-state index contributed by atoms with van der Waals surface area (Å²) in [6.07, 6.45) is 3.07. The normalized spacial score (nSPS) is 20.2. The molecule has 1 aromatic rings. The van der Waals surface area contributed by atoms with Crippen molar-refractivity contribution in [1.29, 1.82) is 0 Å². The van der Waals surface area contributed by atoms with Gasteiger partial charge in [-0.3, -0.25) is 9.69 Å². The van der Waals surface area contributed by atoms with Gasteiger partial charge in [0.1, 0.15) is 0 Å². The van der Waals surface area contributed by atoms with Crippen molar-refractivity contribution in [1.82, 2.24) is 9.62 Å². The van der Waals surface area contributed by atoms with E-state index in [1.54, 1.807) is 12.1 Å². The van der Waals surface area contributed by atoms with E-state index in [1.165, 1.54) is 18.6 Å². The van der Waals surface area contributed by atoms with Crippen LogP contribution in [0, 0.1) is 5.92 Å². The molecule has 1 aliphatic rings. The first-order chi connectivity index (χ1) is 11.8. The second-order valence-corrected chi connectivity index (χ2v) is 8.70. The van der Waals surface area contributed by atoms with Crippen LogP contribution in [-0.2, 0) is 14.8 Å². The lowest BCUT2D eigenvalue weighted by Crippen LogP contribution is -2.39. The molecule has 0 saturated carbocycles. The number of carbonyl (C=O) groups is 1. The number of hydrogen-bond acceptors (Lipinski definition) is 4. The molecule has 2 atom stereocenters. The topological polar surface area (TPSA) is 78.5 Å². The van der Waals surface area contributed by atoms with Crippen molar-refractivity contribution < 1.29 is 13.2 Å². The average molecular weight is 368 g/mol. The van der Waals surface area contributed by atoms with Crippen molar-refractivity contribution in [2.45, 2.75) is 51.0 Å². The molecule has 1 fully saturated rings. The fourth-order valence-corrected chi connectivity index (χ4v) is 4.29. The molecular formula is C18H29N3O3S. The zero-order valence-corrected chi connectivity index (χ0v) is 16.1. The Morgan fingerprint density at radius 2 is 2.00 bits per heavy atom. The van der Waals surface area contributed by atoms with Crippen LogP contribution in [0.25, 0.3) is 0 Å². The van der Waals surface area contributed by atoms with E-state index in [0.29, 0.717) is 18.2 Å². The summed E-state index contributed by atoms with van der Waals surface area (Å²) >= 11 is 0. The third kappa shape index (κ3) is 6.09. The highest BCUT2D eigenvalue weighted by Crippen LogP contribution is 2.17. The van der Waals surface area contributed by atoms with Crippen LogP contribution in [0.5, 0.6) is 0 Å². The molecule has 0 bridgehead atoms. The third-order valence-electron chi connectivity index (χ3n) is 4.53. The van der Waals surface area contributed by atoms with Crippen molar-refractivity contribution in [2.24, 2.45) is 5.92 Å². The first kappa shape index (κ1) is 19.9. The summed E-state index contributed by atoms with van der Waals surface area (Å²) in [5.74, 6) is 0.562. The van der Waals surface area contributed by atoms with Crippen LogP contribution in [0.4, 0.5) is 5.69 Å². The number of hydrogen-bond donors (Lipinski definition) is 2. The summed E-state index contributed by atoms with van der Waals surface area (Å²) in [4.78, 5) is 14.5. The van der Waals surface area contributed by atoms with Crippen LogP contribution in [-0.4, -0.2) is 44.9 Å². The minimum atomic E-state index is -3.52. The number of nitrogens with zero attached hydrogens (tertiary/aromatic N) is 1. The standard InChI is InChI=1S/C18H29N3O3S/c1-4-15(3)20-25(23,24)17-9-7-16(8-10-17)19-18(22)13-21-11-5-6-14(2)12-21/h7-10,14-15,20H,4-6,11-13H2,1-3H3,(H,19,22)/t14-,15+/m1/s1. The molecule has 0 aliphatic carbocycles. The van der Waals surface area contributed by atoms with Crippen LogP contribution >= 0.6 is 0 Å². The van der Waals surface area contributed by atoms with Gasteiger partial charge in [0.05, 0.1) is 11.4 Å². The number of piperidine rings is 1. The highest BCUT2D eigenvalue weighted by atomic mass is 32.2. The van der Waals surface area contributed by atoms with Gasteiger partial charge in [0.15, 0.2) is 0 Å². The van der Waals surface area contributed by atoms with E-state index in [2.05, 4.69) is 21.9 Å². The van der Waals surface area contributed by atoms with Gasteiger partial charge in [0, 0.05) is 18.3 Å². The number of benzene rings is 1. The van der Waals surface area contributed by atoms with E-state index in [9.17, 15) is 13.2 Å². The van der Waals surface area contributed by atoms with Crippen LogP contribution in [0.3, 0.4) is 0 Å². The van der Waals surface area contributed by atoms with Gasteiger partial charge < -0.3 is 5.32 Å². The molecular weight excluding hydrogens is 338 g/mol. The Labute approximate surface area is 151 Å². The lowest BCUT2D eigenvalue weighted by atomic mass is 10.0. The second-order valence-electron chi connectivity index (χ2n) is 6.99. The predicted molar refractivity (Wildman–Crippen MR) is 100.0 cm³/mol. The van der Waals surface area contributed by atoms with Crippen molar-refractivity contribution in [3.63, 3.8) is 0 Å². The van der Waals surface area contributed by atoms with Gasteiger partial charge in [-0.25, -0.2) is 13.1 Å². The first-order valence-electron chi connectivity index (χ1n) is 8.94. The fraction of sp³-hybridized carbons (Fsp3) is 0.611. The summed E-state index contributed by atoms with van der Waals surface area (Å²) in [6.45, 7) is 8.24. The third-order valence-corrected chi connectivity index (χ3v) is 6.13. The van der Waals surface area contributed by atoms with Crippen molar-refractivity contribution >= 4 is 21.6 Å². The van der Waals surface area contributed by atoms with Crippen molar-refractivity contribution in [3.8, 4) is 0 Å². The molecule has 140 valence electrons. The Morgan fingerprint density at radius 1 is 1.32 bits per heavy atom. The smallest absolute Gasteiger partial charge is 0.240 e. The number of likely N-dealkylation sites (tertiary alicyclic amines) is 1. The molecule has 25 heavy (non-hydrogen) atoms. The van der Waals surface area contributed by atoms with Crippen LogP contribution in [0.1, 0.15) is 40.0 Å². The highest BCUT2D eigenvalue weighted by molar-refractivity contribution is 7.89. The monoisotopic (exact) mass is 367 g/mol. The molecule has 0 aromatic heterocycles. The maximum absolute atomic E-state index is 12.2. The van der Waals surface area contributed by atoms with E-state index < -0.39 is 10.0 Å². The van der Waals surface area contributed by atoms with Gasteiger partial charge in [-0.2, -0.15) is 0 Å². The largest absolute Gasteiger partial charge is 0.325 e. The Bertz CT molecular complexity index is 673. The lowest BCUT2D eigenvalue weighted by molar-refractivity contribution is -0.117. The van der Waals surface area contributed by atoms with E-state index in [0.717, 1.165) is 25.9 Å². The molecule has 6 nitrogen and oxygen atoms in total. The number of anilines is 1. The second kappa shape index (κ2) is 8.78. The summed E-state index contributed by atoms with van der Waals surface area (Å²) < 4.78 is 27.1. The van der Waals surface area contributed by atoms with Gasteiger partial charge in [-0.15, -0.1) is 0 Å². The van der Waals surface area contributed by atoms with Gasteiger partial charge in [-0.05, 0) is 62.9 Å². The molecule has 1 amide bonds. The minimum Gasteiger partial charge on any atom is -0.325 e. The summed E-state index contributed by atoms with van der Waals surface area (Å²) in [5, 5.41) is 2.84. The number of amides is 1. The molecule has 0 unspecified atom stereocenters. The number of sulfonamides is 1. The fourth-order valence-electron chi connectivity index (χ4n) is 2.97. The first-order valence-corrected chi connectivity index (χ1v) is 10.4. The maximum Gasteiger partial charge on any atom is 0.240 e. The van der Waals surface area contributed by atoms with E-state index in [-0.39, 0.29) is 16.8 Å². The van der Waals surface area contributed by atoms with Crippen molar-refractivity contribution in [2.75, 3.05) is 25.0 Å². The highest BCUT2D eigenvalue weighted by Gasteiger charge is 2.19. The average Bonchev–Trinajstić information content (AvgIpc) is 2.54. The zero-order valence-electron chi connectivity index (χ0n) is 15.3. The molecule has 2 N–H and O–H groups in total. The molecule has 1 heterocycles. The molecule has 1 aromatic carbocycles. The molecule has 1 aliphatic heterocycles. The molecule has 0 radical (unpaired) electrons. The van der Waals surface area contributed by atoms with E-state index in [4.69, 9.17) is 0 Å². The zero-order chi connectivity index (χ0) is 18.4. The van der Waals surface area contributed by atoms with Crippen LogP contribution in [0.15, 0.2) is 29.2 Å². The summed E-state index contributed by atoms with van der Waals surface area (Å²) in [7, 11) is -3.52. The quantitative estimate of drug-likeness (QED) is 0.776.